The van der Waals surface area contributed by atoms with Gasteiger partial charge in [0.25, 0.3) is 0 Å². The van der Waals surface area contributed by atoms with Crippen molar-refractivity contribution in [3.8, 4) is 5.75 Å². The first kappa shape index (κ1) is 17.3. The molecular formula is C19H27NO. The monoisotopic (exact) mass is 285 g/mol. The molecule has 0 spiro atoms. The minimum atomic E-state index is 0.0678. The van der Waals surface area contributed by atoms with Crippen molar-refractivity contribution in [3.05, 3.63) is 65.7 Å². The molecule has 2 rings (SSSR count). The smallest absolute Gasteiger partial charge is 0.119 e. The lowest BCUT2D eigenvalue weighted by atomic mass is 10.1. The molecule has 0 radical (unpaired) electrons. The fourth-order valence-corrected chi connectivity index (χ4v) is 1.61. The zero-order valence-corrected chi connectivity index (χ0v) is 13.5. The van der Waals surface area contributed by atoms with Crippen molar-refractivity contribution in [2.24, 2.45) is 11.7 Å². The van der Waals surface area contributed by atoms with E-state index in [4.69, 9.17) is 10.5 Å². The van der Waals surface area contributed by atoms with Crippen LogP contribution < -0.4 is 10.5 Å². The van der Waals surface area contributed by atoms with Crippen molar-refractivity contribution in [2.45, 2.75) is 40.3 Å². The number of rotatable bonds is 4. The fourth-order valence-electron chi connectivity index (χ4n) is 1.61. The molecule has 2 N–H and O–H groups in total. The molecule has 2 nitrogen and oxygen atoms in total. The summed E-state index contributed by atoms with van der Waals surface area (Å²) in [4.78, 5) is 0. The van der Waals surface area contributed by atoms with Gasteiger partial charge in [-0.2, -0.15) is 0 Å². The molecule has 0 amide bonds. The van der Waals surface area contributed by atoms with E-state index in [0.717, 1.165) is 17.2 Å². The first-order valence-electron chi connectivity index (χ1n) is 7.51. The number of hydrogen-bond donors (Lipinski definition) is 1. The van der Waals surface area contributed by atoms with E-state index in [1.807, 2.05) is 49.4 Å². The van der Waals surface area contributed by atoms with E-state index in [-0.39, 0.29) is 6.04 Å². The molecule has 114 valence electrons. The second-order valence-corrected chi connectivity index (χ2v) is 5.86. The van der Waals surface area contributed by atoms with Crippen LogP contribution in [0.1, 0.15) is 44.9 Å². The van der Waals surface area contributed by atoms with E-state index in [9.17, 15) is 0 Å². The quantitative estimate of drug-likeness (QED) is 0.862. The van der Waals surface area contributed by atoms with Gasteiger partial charge in [-0.05, 0) is 36.1 Å². The van der Waals surface area contributed by atoms with Gasteiger partial charge in [-0.3, -0.25) is 0 Å². The van der Waals surface area contributed by atoms with Crippen LogP contribution in [0.5, 0.6) is 5.75 Å². The Morgan fingerprint density at radius 2 is 1.38 bits per heavy atom. The Morgan fingerprint density at radius 3 is 1.86 bits per heavy atom. The van der Waals surface area contributed by atoms with Crippen LogP contribution in [0, 0.1) is 5.92 Å². The molecule has 0 aromatic heterocycles. The van der Waals surface area contributed by atoms with Crippen molar-refractivity contribution in [2.75, 3.05) is 0 Å². The second kappa shape index (κ2) is 9.19. The van der Waals surface area contributed by atoms with Gasteiger partial charge in [0.15, 0.2) is 0 Å². The molecule has 1 atom stereocenters. The normalized spacial score (nSPS) is 11.5. The third-order valence-electron chi connectivity index (χ3n) is 2.65. The van der Waals surface area contributed by atoms with Gasteiger partial charge < -0.3 is 10.5 Å². The SMILES string of the molecule is CC(C)C.C[C@H](N)c1ccc(OCc2ccccc2)cc1. The van der Waals surface area contributed by atoms with Crippen LogP contribution in [0.2, 0.25) is 0 Å². The Morgan fingerprint density at radius 1 is 0.857 bits per heavy atom. The lowest BCUT2D eigenvalue weighted by Gasteiger charge is -2.09. The van der Waals surface area contributed by atoms with Gasteiger partial charge in [-0.15, -0.1) is 0 Å². The average molecular weight is 285 g/mol. The summed E-state index contributed by atoms with van der Waals surface area (Å²) < 4.78 is 5.69. The number of ether oxygens (including phenoxy) is 1. The van der Waals surface area contributed by atoms with Crippen LogP contribution in [-0.2, 0) is 6.61 Å². The van der Waals surface area contributed by atoms with Crippen LogP contribution in [0.3, 0.4) is 0 Å². The molecular weight excluding hydrogens is 258 g/mol. The lowest BCUT2D eigenvalue weighted by molar-refractivity contribution is 0.306. The molecule has 0 saturated heterocycles. The predicted molar refractivity (Wildman–Crippen MR) is 90.3 cm³/mol. The maximum Gasteiger partial charge on any atom is 0.119 e. The first-order valence-corrected chi connectivity index (χ1v) is 7.51. The minimum absolute atomic E-state index is 0.0678. The summed E-state index contributed by atoms with van der Waals surface area (Å²) in [5.74, 6) is 1.71. The van der Waals surface area contributed by atoms with Gasteiger partial charge in [-0.25, -0.2) is 0 Å². The molecule has 0 aliphatic heterocycles. The summed E-state index contributed by atoms with van der Waals surface area (Å²) in [6, 6.07) is 18.1. The van der Waals surface area contributed by atoms with Crippen molar-refractivity contribution in [1.29, 1.82) is 0 Å². The van der Waals surface area contributed by atoms with Crippen molar-refractivity contribution in [3.63, 3.8) is 0 Å². The standard InChI is InChI=1S/C15H17NO.C4H10/c1-12(16)14-7-9-15(10-8-14)17-11-13-5-3-2-4-6-13;1-4(2)3/h2-10,12H,11,16H2,1H3;4H,1-3H3/t12-;/m0./s1. The Kier molecular flexibility index (Phi) is 7.55. The Balaban J connectivity index is 0.000000491. The van der Waals surface area contributed by atoms with Crippen LogP contribution in [-0.4, -0.2) is 0 Å². The predicted octanol–water partition coefficient (Wildman–Crippen LogP) is 4.95. The fraction of sp³-hybridized carbons (Fsp3) is 0.368. The highest BCUT2D eigenvalue weighted by Gasteiger charge is 1.99. The van der Waals surface area contributed by atoms with E-state index in [0.29, 0.717) is 6.61 Å². The Bertz CT molecular complexity index is 486. The molecule has 0 aliphatic carbocycles. The van der Waals surface area contributed by atoms with Gasteiger partial charge >= 0.3 is 0 Å². The molecule has 0 heterocycles. The largest absolute Gasteiger partial charge is 0.489 e. The van der Waals surface area contributed by atoms with E-state index in [1.54, 1.807) is 0 Å². The minimum Gasteiger partial charge on any atom is -0.489 e. The van der Waals surface area contributed by atoms with Crippen molar-refractivity contribution >= 4 is 0 Å². The maximum atomic E-state index is 5.79. The van der Waals surface area contributed by atoms with Crippen LogP contribution in [0.15, 0.2) is 54.6 Å². The third-order valence-corrected chi connectivity index (χ3v) is 2.65. The number of nitrogens with two attached hydrogens (primary N) is 1. The highest BCUT2D eigenvalue weighted by atomic mass is 16.5. The highest BCUT2D eigenvalue weighted by molar-refractivity contribution is 5.29. The molecule has 0 unspecified atom stereocenters. The zero-order valence-electron chi connectivity index (χ0n) is 13.5. The Hall–Kier alpha value is -1.80. The van der Waals surface area contributed by atoms with Crippen LogP contribution >= 0.6 is 0 Å². The summed E-state index contributed by atoms with van der Waals surface area (Å²) in [6.07, 6.45) is 0. The highest BCUT2D eigenvalue weighted by Crippen LogP contribution is 2.17. The van der Waals surface area contributed by atoms with Crippen LogP contribution in [0.4, 0.5) is 0 Å². The van der Waals surface area contributed by atoms with E-state index in [2.05, 4.69) is 32.9 Å². The third kappa shape index (κ3) is 7.52. The van der Waals surface area contributed by atoms with Crippen molar-refractivity contribution in [1.82, 2.24) is 0 Å². The summed E-state index contributed by atoms with van der Waals surface area (Å²) >= 11 is 0. The number of hydrogen-bond acceptors (Lipinski definition) is 2. The number of benzene rings is 2. The summed E-state index contributed by atoms with van der Waals surface area (Å²) in [5, 5.41) is 0. The van der Waals surface area contributed by atoms with E-state index >= 15 is 0 Å². The molecule has 2 aromatic rings. The zero-order chi connectivity index (χ0) is 15.7. The molecule has 21 heavy (non-hydrogen) atoms. The topological polar surface area (TPSA) is 35.2 Å². The maximum absolute atomic E-state index is 5.79. The van der Waals surface area contributed by atoms with E-state index in [1.165, 1.54) is 5.56 Å². The second-order valence-electron chi connectivity index (χ2n) is 5.86. The van der Waals surface area contributed by atoms with Crippen LogP contribution in [0.25, 0.3) is 0 Å². The summed E-state index contributed by atoms with van der Waals surface area (Å²) in [7, 11) is 0. The first-order chi connectivity index (χ1) is 9.99. The van der Waals surface area contributed by atoms with Gasteiger partial charge in [0.2, 0.25) is 0 Å². The van der Waals surface area contributed by atoms with E-state index < -0.39 is 0 Å². The van der Waals surface area contributed by atoms with Crippen molar-refractivity contribution < 1.29 is 4.74 Å². The molecule has 2 aromatic carbocycles. The molecule has 2 heteroatoms. The summed E-state index contributed by atoms with van der Waals surface area (Å²) in [6.45, 7) is 9.07. The van der Waals surface area contributed by atoms with Gasteiger partial charge in [0.1, 0.15) is 12.4 Å². The molecule has 0 bridgehead atoms. The van der Waals surface area contributed by atoms with Gasteiger partial charge in [-0.1, -0.05) is 63.2 Å². The lowest BCUT2D eigenvalue weighted by Crippen LogP contribution is -2.04. The molecule has 0 aliphatic rings. The van der Waals surface area contributed by atoms with Gasteiger partial charge in [0.05, 0.1) is 0 Å². The van der Waals surface area contributed by atoms with Gasteiger partial charge in [0, 0.05) is 6.04 Å². The molecule has 0 fully saturated rings. The average Bonchev–Trinajstić information content (AvgIpc) is 2.46. The summed E-state index contributed by atoms with van der Waals surface area (Å²) in [5.41, 5.74) is 8.08. The molecule has 0 saturated carbocycles. The Labute approximate surface area is 129 Å².